The molecule has 0 radical (unpaired) electrons. The van der Waals surface area contributed by atoms with Crippen molar-refractivity contribution in [1.29, 1.82) is 0 Å². The number of rotatable bonds is 7. The highest BCUT2D eigenvalue weighted by molar-refractivity contribution is 5.29. The number of nitrogens with one attached hydrogen (secondary N) is 1. The van der Waals surface area contributed by atoms with E-state index in [0.717, 1.165) is 12.0 Å². The molecule has 7 heteroatoms. The van der Waals surface area contributed by atoms with Crippen LogP contribution >= 0.6 is 0 Å². The first-order valence-corrected chi connectivity index (χ1v) is 6.54. The van der Waals surface area contributed by atoms with Gasteiger partial charge in [-0.05, 0) is 44.4 Å². The van der Waals surface area contributed by atoms with Gasteiger partial charge in [-0.2, -0.15) is 0 Å². The fourth-order valence-electron chi connectivity index (χ4n) is 1.84. The third kappa shape index (κ3) is 6.33. The molecule has 1 unspecified atom stereocenters. The Morgan fingerprint density at radius 1 is 1.19 bits per heavy atom. The van der Waals surface area contributed by atoms with Crippen LogP contribution in [0.3, 0.4) is 0 Å². The monoisotopic (exact) mass is 306 g/mol. The number of methoxy groups -OCH3 is 1. The minimum absolute atomic E-state index is 0.167. The van der Waals surface area contributed by atoms with Crippen molar-refractivity contribution < 1.29 is 22.6 Å². The van der Waals surface area contributed by atoms with E-state index < -0.39 is 6.36 Å². The van der Waals surface area contributed by atoms with Crippen molar-refractivity contribution in [1.82, 2.24) is 5.43 Å². The molecule has 0 aromatic heterocycles. The number of halogens is 3. The van der Waals surface area contributed by atoms with Crippen LogP contribution in [0.1, 0.15) is 38.3 Å². The van der Waals surface area contributed by atoms with Crippen LogP contribution in [0, 0.1) is 0 Å². The Kier molecular flexibility index (Phi) is 6.00. The number of benzene rings is 1. The van der Waals surface area contributed by atoms with Gasteiger partial charge in [-0.15, -0.1) is 13.2 Å². The van der Waals surface area contributed by atoms with Gasteiger partial charge in [-0.1, -0.05) is 12.1 Å². The minimum Gasteiger partial charge on any atom is -0.406 e. The summed E-state index contributed by atoms with van der Waals surface area (Å²) < 4.78 is 45.4. The molecule has 0 spiro atoms. The zero-order valence-electron chi connectivity index (χ0n) is 12.3. The normalized spacial score (nSPS) is 14.0. The van der Waals surface area contributed by atoms with E-state index in [0.29, 0.717) is 6.42 Å². The van der Waals surface area contributed by atoms with Gasteiger partial charge in [0.25, 0.3) is 0 Å². The van der Waals surface area contributed by atoms with Crippen molar-refractivity contribution in [3.63, 3.8) is 0 Å². The maximum absolute atomic E-state index is 12.1. The minimum atomic E-state index is -4.68. The molecule has 21 heavy (non-hydrogen) atoms. The summed E-state index contributed by atoms with van der Waals surface area (Å²) in [5.41, 5.74) is 3.17. The molecule has 0 bridgehead atoms. The molecule has 1 atom stereocenters. The third-order valence-corrected chi connectivity index (χ3v) is 3.30. The second-order valence-electron chi connectivity index (χ2n) is 5.34. The molecule has 0 amide bonds. The first-order chi connectivity index (χ1) is 9.67. The van der Waals surface area contributed by atoms with Crippen molar-refractivity contribution in [2.75, 3.05) is 7.11 Å². The van der Waals surface area contributed by atoms with Crippen LogP contribution in [0.5, 0.6) is 5.75 Å². The summed E-state index contributed by atoms with van der Waals surface area (Å²) in [4.78, 5) is 0. The number of hydrazine groups is 1. The lowest BCUT2D eigenvalue weighted by Gasteiger charge is -2.26. The number of nitrogens with two attached hydrogens (primary N) is 1. The molecule has 0 fully saturated rings. The van der Waals surface area contributed by atoms with Gasteiger partial charge in [0.15, 0.2) is 0 Å². The quantitative estimate of drug-likeness (QED) is 0.599. The van der Waals surface area contributed by atoms with E-state index in [-0.39, 0.29) is 17.4 Å². The largest absolute Gasteiger partial charge is 0.573 e. The molecule has 120 valence electrons. The van der Waals surface area contributed by atoms with E-state index in [2.05, 4.69) is 10.2 Å². The summed E-state index contributed by atoms with van der Waals surface area (Å²) in [7, 11) is 1.63. The average Bonchev–Trinajstić information content (AvgIpc) is 2.39. The van der Waals surface area contributed by atoms with Crippen LogP contribution in [-0.4, -0.2) is 19.1 Å². The zero-order chi connectivity index (χ0) is 16.1. The molecule has 0 heterocycles. The maximum atomic E-state index is 12.1. The molecule has 0 aliphatic carbocycles. The van der Waals surface area contributed by atoms with Crippen LogP contribution in [0.15, 0.2) is 24.3 Å². The second-order valence-corrected chi connectivity index (χ2v) is 5.34. The lowest BCUT2D eigenvalue weighted by Crippen LogP contribution is -2.31. The molecule has 1 rings (SSSR count). The fourth-order valence-corrected chi connectivity index (χ4v) is 1.84. The van der Waals surface area contributed by atoms with Crippen LogP contribution in [0.25, 0.3) is 0 Å². The topological polar surface area (TPSA) is 56.5 Å². The van der Waals surface area contributed by atoms with E-state index in [1.807, 2.05) is 13.8 Å². The summed E-state index contributed by atoms with van der Waals surface area (Å²) >= 11 is 0. The van der Waals surface area contributed by atoms with Crippen LogP contribution in [0.2, 0.25) is 0 Å². The van der Waals surface area contributed by atoms with E-state index >= 15 is 0 Å². The molecule has 1 aromatic rings. The lowest BCUT2D eigenvalue weighted by molar-refractivity contribution is -0.274. The highest BCUT2D eigenvalue weighted by Crippen LogP contribution is 2.27. The van der Waals surface area contributed by atoms with E-state index in [1.165, 1.54) is 12.1 Å². The summed E-state index contributed by atoms with van der Waals surface area (Å²) in [6, 6.07) is 5.50. The fraction of sp³-hybridized carbons (Fsp3) is 0.571. The van der Waals surface area contributed by atoms with Gasteiger partial charge in [0.1, 0.15) is 5.75 Å². The van der Waals surface area contributed by atoms with Gasteiger partial charge >= 0.3 is 6.36 Å². The Bertz CT molecular complexity index is 433. The molecular weight excluding hydrogens is 285 g/mol. The van der Waals surface area contributed by atoms with Crippen molar-refractivity contribution >= 4 is 0 Å². The lowest BCUT2D eigenvalue weighted by atomic mass is 9.95. The summed E-state index contributed by atoms with van der Waals surface area (Å²) in [5.74, 6) is 5.26. The highest BCUT2D eigenvalue weighted by atomic mass is 19.4. The molecule has 1 aromatic carbocycles. The number of ether oxygens (including phenoxy) is 2. The van der Waals surface area contributed by atoms with Crippen LogP contribution in [-0.2, 0) is 4.74 Å². The third-order valence-electron chi connectivity index (χ3n) is 3.30. The number of hydrogen-bond donors (Lipinski definition) is 2. The van der Waals surface area contributed by atoms with Gasteiger partial charge in [0, 0.05) is 13.2 Å². The predicted octanol–water partition coefficient (Wildman–Crippen LogP) is 3.29. The van der Waals surface area contributed by atoms with Crippen molar-refractivity contribution in [3.05, 3.63) is 29.8 Å². The Morgan fingerprint density at radius 2 is 1.76 bits per heavy atom. The molecule has 0 saturated heterocycles. The first kappa shape index (κ1) is 17.7. The van der Waals surface area contributed by atoms with Crippen molar-refractivity contribution in [2.24, 2.45) is 5.84 Å². The molecule has 4 nitrogen and oxygen atoms in total. The van der Waals surface area contributed by atoms with Crippen LogP contribution < -0.4 is 16.0 Å². The standard InChI is InChI=1S/C14H21F3N2O2/c1-13(2,20-3)9-8-12(19-18)10-4-6-11(7-5-10)21-14(15,16)17/h4-7,12,19H,8-9,18H2,1-3H3. The summed E-state index contributed by atoms with van der Waals surface area (Å²) in [6.07, 6.45) is -3.24. The van der Waals surface area contributed by atoms with Crippen LogP contribution in [0.4, 0.5) is 13.2 Å². The van der Waals surface area contributed by atoms with Crippen molar-refractivity contribution in [3.8, 4) is 5.75 Å². The maximum Gasteiger partial charge on any atom is 0.573 e. The smallest absolute Gasteiger partial charge is 0.406 e. The van der Waals surface area contributed by atoms with E-state index in [9.17, 15) is 13.2 Å². The number of hydrogen-bond acceptors (Lipinski definition) is 4. The number of alkyl halides is 3. The van der Waals surface area contributed by atoms with Gasteiger partial charge in [0.2, 0.25) is 0 Å². The van der Waals surface area contributed by atoms with Gasteiger partial charge in [-0.25, -0.2) is 0 Å². The Labute approximate surface area is 122 Å². The van der Waals surface area contributed by atoms with Gasteiger partial charge in [-0.3, -0.25) is 11.3 Å². The highest BCUT2D eigenvalue weighted by Gasteiger charge is 2.31. The Morgan fingerprint density at radius 3 is 2.19 bits per heavy atom. The molecule has 3 N–H and O–H groups in total. The first-order valence-electron chi connectivity index (χ1n) is 6.54. The van der Waals surface area contributed by atoms with Crippen molar-refractivity contribution in [2.45, 2.75) is 44.7 Å². The van der Waals surface area contributed by atoms with E-state index in [4.69, 9.17) is 10.6 Å². The molecular formula is C14H21F3N2O2. The molecule has 0 aliphatic rings. The molecule has 0 saturated carbocycles. The summed E-state index contributed by atoms with van der Waals surface area (Å²) in [5, 5.41) is 0. The second kappa shape index (κ2) is 7.11. The average molecular weight is 306 g/mol. The Hall–Kier alpha value is -1.31. The molecule has 0 aliphatic heterocycles. The van der Waals surface area contributed by atoms with E-state index in [1.54, 1.807) is 19.2 Å². The SMILES string of the molecule is COC(C)(C)CCC(NN)c1ccc(OC(F)(F)F)cc1. The van der Waals surface area contributed by atoms with Gasteiger partial charge < -0.3 is 9.47 Å². The van der Waals surface area contributed by atoms with Gasteiger partial charge in [0.05, 0.1) is 5.60 Å². The zero-order valence-corrected chi connectivity index (χ0v) is 12.3. The Balaban J connectivity index is 2.69. The summed E-state index contributed by atoms with van der Waals surface area (Å²) in [6.45, 7) is 3.92. The predicted molar refractivity (Wildman–Crippen MR) is 73.5 cm³/mol.